The van der Waals surface area contributed by atoms with Crippen molar-refractivity contribution < 1.29 is 27.7 Å². The fourth-order valence-corrected chi connectivity index (χ4v) is 0.403. The van der Waals surface area contributed by atoms with E-state index >= 15 is 0 Å². The average molecular weight is 168 g/mol. The fraction of sp³-hybridized carbons (Fsp3) is 0.833. The first-order chi connectivity index (χ1) is 4.31. The second-order valence-corrected chi connectivity index (χ2v) is 1.82. The maximum Gasteiger partial charge on any atom is 0.361 e. The number of quaternary nitrogens is 1. The summed E-state index contributed by atoms with van der Waals surface area (Å²) in [5.74, 6) is -0.205. The van der Waals surface area contributed by atoms with Crippen LogP contribution in [0.15, 0.2) is 0 Å². The number of hydrogen-bond acceptors (Lipinski definition) is 2. The zero-order valence-corrected chi connectivity index (χ0v) is 6.99. The average Bonchev–Trinajstić information content (AvgIpc) is 1.89. The van der Waals surface area contributed by atoms with Gasteiger partial charge < -0.3 is 22.9 Å². The number of rotatable bonds is 4. The van der Waals surface area contributed by atoms with Crippen LogP contribution in [0.2, 0.25) is 0 Å². The molecule has 0 rings (SSSR count). The molecule has 62 valence electrons. The van der Waals surface area contributed by atoms with E-state index in [1.807, 2.05) is 0 Å². The lowest BCUT2D eigenvalue weighted by molar-refractivity contribution is -0.359. The Balaban J connectivity index is 0. The molecule has 0 spiro atoms. The Morgan fingerprint density at radius 1 is 1.60 bits per heavy atom. The van der Waals surface area contributed by atoms with Gasteiger partial charge in [-0.25, -0.2) is 4.79 Å². The van der Waals surface area contributed by atoms with E-state index in [9.17, 15) is 4.79 Å². The van der Waals surface area contributed by atoms with E-state index in [0.717, 1.165) is 12.8 Å². The van der Waals surface area contributed by atoms with E-state index in [0.29, 0.717) is 6.61 Å². The smallest absolute Gasteiger partial charge is 0.361 e. The summed E-state index contributed by atoms with van der Waals surface area (Å²) in [4.78, 5) is 10.4. The van der Waals surface area contributed by atoms with Gasteiger partial charge in [-0.3, -0.25) is 0 Å². The Morgan fingerprint density at radius 2 is 2.20 bits per heavy atom. The van der Waals surface area contributed by atoms with Gasteiger partial charge in [-0.15, -0.1) is 0 Å². The summed E-state index contributed by atoms with van der Waals surface area (Å²) in [7, 11) is 0. The molecule has 0 saturated carbocycles. The predicted molar refractivity (Wildman–Crippen MR) is 33.6 cm³/mol. The van der Waals surface area contributed by atoms with Crippen molar-refractivity contribution in [2.24, 2.45) is 0 Å². The summed E-state index contributed by atoms with van der Waals surface area (Å²) >= 11 is 0. The summed E-state index contributed by atoms with van der Waals surface area (Å²) in [6, 6.07) is 0. The molecule has 0 unspecified atom stereocenters. The molecule has 0 saturated heterocycles. The quantitative estimate of drug-likeness (QED) is 0.350. The van der Waals surface area contributed by atoms with E-state index in [2.05, 4.69) is 12.7 Å². The molecule has 3 N–H and O–H groups in total. The zero-order valence-electron chi connectivity index (χ0n) is 6.23. The molecular formula is C6H14ClNO2. The van der Waals surface area contributed by atoms with Crippen LogP contribution in [0.5, 0.6) is 0 Å². The molecule has 0 aromatic rings. The van der Waals surface area contributed by atoms with Crippen molar-refractivity contribution in [1.29, 1.82) is 0 Å². The highest BCUT2D eigenvalue weighted by Crippen LogP contribution is 1.86. The molecule has 0 aliphatic rings. The van der Waals surface area contributed by atoms with Crippen molar-refractivity contribution >= 4 is 5.97 Å². The van der Waals surface area contributed by atoms with Gasteiger partial charge in [-0.2, -0.15) is 0 Å². The Hall–Kier alpha value is -0.280. The second kappa shape index (κ2) is 8.72. The first kappa shape index (κ1) is 12.4. The molecule has 3 nitrogen and oxygen atoms in total. The highest BCUT2D eigenvalue weighted by molar-refractivity contribution is 5.69. The Labute approximate surface area is 67.3 Å². The molecule has 0 bridgehead atoms. The molecule has 0 aliphatic carbocycles. The van der Waals surface area contributed by atoms with Gasteiger partial charge in [0.1, 0.15) is 0 Å². The van der Waals surface area contributed by atoms with Crippen molar-refractivity contribution in [3.05, 3.63) is 0 Å². The standard InChI is InChI=1S/C6H13NO2.ClH/c1-2-3-4-9-6(8)5-7;/h2-5,7H2,1H3;1H. The number of unbranched alkanes of at least 4 members (excludes halogenated alkanes) is 1. The number of halogens is 1. The third-order valence-electron chi connectivity index (χ3n) is 0.965. The molecular weight excluding hydrogens is 154 g/mol. The maximum absolute atomic E-state index is 10.4. The van der Waals surface area contributed by atoms with Crippen molar-refractivity contribution in [2.45, 2.75) is 19.8 Å². The Bertz CT molecular complexity index is 87.8. The number of carbonyl (C=O) groups is 1. The van der Waals surface area contributed by atoms with Gasteiger partial charge in [0.05, 0.1) is 6.61 Å². The van der Waals surface area contributed by atoms with Gasteiger partial charge in [-0.1, -0.05) is 13.3 Å². The van der Waals surface area contributed by atoms with Gasteiger partial charge in [-0.05, 0) is 6.42 Å². The van der Waals surface area contributed by atoms with E-state index in [1.54, 1.807) is 0 Å². The van der Waals surface area contributed by atoms with Crippen LogP contribution in [0.1, 0.15) is 19.8 Å². The van der Waals surface area contributed by atoms with Crippen LogP contribution >= 0.6 is 0 Å². The van der Waals surface area contributed by atoms with Gasteiger partial charge in [0.15, 0.2) is 6.54 Å². The van der Waals surface area contributed by atoms with Crippen LogP contribution in [0.25, 0.3) is 0 Å². The summed E-state index contributed by atoms with van der Waals surface area (Å²) in [5.41, 5.74) is 3.39. The molecule has 4 heteroatoms. The van der Waals surface area contributed by atoms with Crippen LogP contribution in [-0.2, 0) is 9.53 Å². The topological polar surface area (TPSA) is 53.9 Å². The molecule has 0 aromatic heterocycles. The van der Waals surface area contributed by atoms with Crippen LogP contribution in [0.4, 0.5) is 0 Å². The van der Waals surface area contributed by atoms with E-state index in [1.165, 1.54) is 0 Å². The highest BCUT2D eigenvalue weighted by atomic mass is 35.5. The summed E-state index contributed by atoms with van der Waals surface area (Å²) in [6.45, 7) is 2.84. The van der Waals surface area contributed by atoms with Crippen LogP contribution < -0.4 is 18.1 Å². The van der Waals surface area contributed by atoms with Crippen molar-refractivity contribution in [2.75, 3.05) is 13.2 Å². The minimum atomic E-state index is -0.205. The lowest BCUT2D eigenvalue weighted by Crippen LogP contribution is -3.00. The SMILES string of the molecule is CCCCOC(=O)C[NH3+].[Cl-]. The molecule has 0 aliphatic heterocycles. The zero-order chi connectivity index (χ0) is 7.11. The normalized spacial score (nSPS) is 8.20. The molecule has 0 fully saturated rings. The van der Waals surface area contributed by atoms with Crippen LogP contribution in [0.3, 0.4) is 0 Å². The first-order valence-corrected chi connectivity index (χ1v) is 3.26. The molecule has 0 heterocycles. The molecule has 0 atom stereocenters. The first-order valence-electron chi connectivity index (χ1n) is 3.26. The lowest BCUT2D eigenvalue weighted by Gasteiger charge is -1.97. The number of esters is 1. The minimum absolute atomic E-state index is 0. The van der Waals surface area contributed by atoms with Crippen molar-refractivity contribution in [3.63, 3.8) is 0 Å². The van der Waals surface area contributed by atoms with Crippen molar-refractivity contribution in [3.8, 4) is 0 Å². The van der Waals surface area contributed by atoms with Crippen LogP contribution in [-0.4, -0.2) is 19.1 Å². The van der Waals surface area contributed by atoms with Gasteiger partial charge in [0, 0.05) is 0 Å². The van der Waals surface area contributed by atoms with Crippen LogP contribution in [0, 0.1) is 0 Å². The second-order valence-electron chi connectivity index (χ2n) is 1.82. The summed E-state index contributed by atoms with van der Waals surface area (Å²) in [6.07, 6.45) is 2.01. The van der Waals surface area contributed by atoms with Gasteiger partial charge in [0.2, 0.25) is 0 Å². The summed E-state index contributed by atoms with van der Waals surface area (Å²) < 4.78 is 4.73. The molecule has 0 amide bonds. The minimum Gasteiger partial charge on any atom is -1.00 e. The number of hydrogen-bond donors (Lipinski definition) is 1. The molecule has 10 heavy (non-hydrogen) atoms. The van der Waals surface area contributed by atoms with E-state index < -0.39 is 0 Å². The lowest BCUT2D eigenvalue weighted by atomic mass is 10.4. The monoisotopic (exact) mass is 167 g/mol. The van der Waals surface area contributed by atoms with Crippen molar-refractivity contribution in [1.82, 2.24) is 0 Å². The molecule has 0 radical (unpaired) electrons. The fourth-order valence-electron chi connectivity index (χ4n) is 0.403. The summed E-state index contributed by atoms with van der Waals surface area (Å²) in [5, 5.41) is 0. The van der Waals surface area contributed by atoms with Gasteiger partial charge in [0.25, 0.3) is 0 Å². The number of ether oxygens (including phenoxy) is 1. The van der Waals surface area contributed by atoms with E-state index in [-0.39, 0.29) is 24.9 Å². The van der Waals surface area contributed by atoms with Gasteiger partial charge >= 0.3 is 5.97 Å². The molecule has 0 aromatic carbocycles. The predicted octanol–water partition coefficient (Wildman–Crippen LogP) is -3.42. The highest BCUT2D eigenvalue weighted by Gasteiger charge is 1.97. The third kappa shape index (κ3) is 7.72. The third-order valence-corrected chi connectivity index (χ3v) is 0.965. The van der Waals surface area contributed by atoms with E-state index in [4.69, 9.17) is 4.74 Å². The largest absolute Gasteiger partial charge is 1.00 e. The Morgan fingerprint density at radius 3 is 2.60 bits per heavy atom. The Kier molecular flexibility index (Phi) is 10.8. The maximum atomic E-state index is 10.4. The number of carbonyl (C=O) groups excluding carboxylic acids is 1.